The molecule has 128 valence electrons. The van der Waals surface area contributed by atoms with E-state index in [-0.39, 0.29) is 48.1 Å². The summed E-state index contributed by atoms with van der Waals surface area (Å²) in [6.07, 6.45) is 3.06. The fraction of sp³-hybridized carbons (Fsp3) is 0.875. The van der Waals surface area contributed by atoms with E-state index < -0.39 is 0 Å². The minimum absolute atomic E-state index is 0.0237. The van der Waals surface area contributed by atoms with E-state index >= 15 is 0 Å². The van der Waals surface area contributed by atoms with Gasteiger partial charge in [-0.3, -0.25) is 9.59 Å². The largest absolute Gasteiger partial charge is 0.365 e. The minimum Gasteiger partial charge on any atom is -0.365 e. The van der Waals surface area contributed by atoms with Crippen LogP contribution in [0.1, 0.15) is 53.4 Å². The van der Waals surface area contributed by atoms with Crippen LogP contribution in [0.4, 0.5) is 0 Å². The van der Waals surface area contributed by atoms with Gasteiger partial charge >= 0.3 is 0 Å². The van der Waals surface area contributed by atoms with Crippen molar-refractivity contribution in [3.8, 4) is 0 Å². The fourth-order valence-electron chi connectivity index (χ4n) is 2.68. The van der Waals surface area contributed by atoms with Gasteiger partial charge in [-0.05, 0) is 53.4 Å². The van der Waals surface area contributed by atoms with E-state index in [0.29, 0.717) is 0 Å². The highest BCUT2D eigenvalue weighted by atomic mass is 16.5. The highest BCUT2D eigenvalue weighted by Crippen LogP contribution is 2.30. The molecule has 2 aliphatic rings. The zero-order chi connectivity index (χ0) is 17.0. The van der Waals surface area contributed by atoms with Crippen molar-refractivity contribution in [1.29, 1.82) is 0 Å². The summed E-state index contributed by atoms with van der Waals surface area (Å²) in [5.41, 5.74) is 10.2. The van der Waals surface area contributed by atoms with Crippen LogP contribution in [0.15, 0.2) is 0 Å². The highest BCUT2D eigenvalue weighted by Gasteiger charge is 2.35. The standard InChI is InChI=1S/2C8H15NO2/c2*1-8(2)4-3-7(11-8)6(10)5-9/h2*7H,3-5,9H2,1-2H3/t2*7-/m10/s1. The zero-order valence-corrected chi connectivity index (χ0v) is 14.2. The van der Waals surface area contributed by atoms with Gasteiger partial charge in [-0.25, -0.2) is 0 Å². The fourth-order valence-corrected chi connectivity index (χ4v) is 2.68. The number of Topliss-reactive ketones (excluding diaryl/α,β-unsaturated/α-hetero) is 2. The second-order valence-corrected chi connectivity index (χ2v) is 7.15. The van der Waals surface area contributed by atoms with Gasteiger partial charge < -0.3 is 20.9 Å². The van der Waals surface area contributed by atoms with Crippen LogP contribution in [0.25, 0.3) is 0 Å². The van der Waals surface area contributed by atoms with E-state index in [1.54, 1.807) is 0 Å². The summed E-state index contributed by atoms with van der Waals surface area (Å²) in [4.78, 5) is 22.1. The minimum atomic E-state index is -0.241. The Morgan fingerprint density at radius 3 is 1.36 bits per heavy atom. The number of nitrogens with two attached hydrogens (primary N) is 2. The zero-order valence-electron chi connectivity index (χ0n) is 14.2. The smallest absolute Gasteiger partial charge is 0.175 e. The summed E-state index contributed by atoms with van der Waals surface area (Å²) < 4.78 is 10.9. The van der Waals surface area contributed by atoms with Gasteiger partial charge in [0.15, 0.2) is 11.6 Å². The quantitative estimate of drug-likeness (QED) is 0.800. The molecule has 0 saturated carbocycles. The molecule has 0 aromatic carbocycles. The number of carbonyl (C=O) groups excluding carboxylic acids is 2. The first-order valence-corrected chi connectivity index (χ1v) is 7.91. The van der Waals surface area contributed by atoms with Crippen molar-refractivity contribution in [1.82, 2.24) is 0 Å². The maximum absolute atomic E-state index is 11.1. The summed E-state index contributed by atoms with van der Waals surface area (Å²) in [5, 5.41) is 0. The molecule has 6 heteroatoms. The Balaban J connectivity index is 0.000000220. The molecule has 0 amide bonds. The van der Waals surface area contributed by atoms with E-state index in [4.69, 9.17) is 20.9 Å². The van der Waals surface area contributed by atoms with Gasteiger partial charge in [0.1, 0.15) is 12.2 Å². The van der Waals surface area contributed by atoms with Crippen LogP contribution >= 0.6 is 0 Å². The van der Waals surface area contributed by atoms with Gasteiger partial charge in [0, 0.05) is 0 Å². The van der Waals surface area contributed by atoms with Crippen LogP contribution in [0.3, 0.4) is 0 Å². The van der Waals surface area contributed by atoms with Crippen LogP contribution in [0, 0.1) is 0 Å². The number of rotatable bonds is 4. The molecular weight excluding hydrogens is 284 g/mol. The van der Waals surface area contributed by atoms with Crippen molar-refractivity contribution in [3.05, 3.63) is 0 Å². The third-order valence-corrected chi connectivity index (χ3v) is 4.06. The molecule has 4 N–H and O–H groups in total. The first-order valence-electron chi connectivity index (χ1n) is 7.91. The number of carbonyl (C=O) groups is 2. The molecule has 2 fully saturated rings. The lowest BCUT2D eigenvalue weighted by atomic mass is 10.0. The van der Waals surface area contributed by atoms with Gasteiger partial charge in [-0.1, -0.05) is 0 Å². The van der Waals surface area contributed by atoms with Crippen molar-refractivity contribution in [2.24, 2.45) is 11.5 Å². The van der Waals surface area contributed by atoms with Crippen LogP contribution in [-0.2, 0) is 19.1 Å². The van der Waals surface area contributed by atoms with Crippen LogP contribution in [0.2, 0.25) is 0 Å². The van der Waals surface area contributed by atoms with Gasteiger partial charge in [0.25, 0.3) is 0 Å². The summed E-state index contributed by atoms with van der Waals surface area (Å²) in [7, 11) is 0. The Kier molecular flexibility index (Phi) is 6.67. The molecule has 0 radical (unpaired) electrons. The summed E-state index contributed by atoms with van der Waals surface area (Å²) in [6, 6.07) is 0. The predicted molar refractivity (Wildman–Crippen MR) is 84.5 cm³/mol. The first kappa shape index (κ1) is 19.2. The highest BCUT2D eigenvalue weighted by molar-refractivity contribution is 5.85. The lowest BCUT2D eigenvalue weighted by Crippen LogP contribution is -2.30. The molecule has 2 saturated heterocycles. The van der Waals surface area contributed by atoms with E-state index in [0.717, 1.165) is 25.7 Å². The Labute approximate surface area is 132 Å². The molecule has 22 heavy (non-hydrogen) atoms. The maximum Gasteiger partial charge on any atom is 0.175 e. The molecule has 2 aliphatic heterocycles. The van der Waals surface area contributed by atoms with Crippen molar-refractivity contribution in [3.63, 3.8) is 0 Å². The van der Waals surface area contributed by atoms with Gasteiger partial charge in [0.2, 0.25) is 0 Å². The van der Waals surface area contributed by atoms with E-state index in [1.165, 1.54) is 0 Å². The topological polar surface area (TPSA) is 105 Å². The lowest BCUT2D eigenvalue weighted by Gasteiger charge is -2.17. The average Bonchev–Trinajstić information content (AvgIpc) is 3.00. The molecule has 0 unspecified atom stereocenters. The number of ether oxygens (including phenoxy) is 2. The SMILES string of the molecule is CC1(C)CC[C@@H](C(=O)CN)O1.CC1(C)CC[C@H](C(=O)CN)O1. The third kappa shape index (κ3) is 5.76. The molecule has 0 spiro atoms. The molecule has 2 atom stereocenters. The summed E-state index contributed by atoms with van der Waals surface area (Å²) in [6.45, 7) is 8.18. The maximum atomic E-state index is 11.1. The number of hydrogen-bond donors (Lipinski definition) is 2. The van der Waals surface area contributed by atoms with Gasteiger partial charge in [-0.15, -0.1) is 0 Å². The summed E-state index contributed by atoms with van der Waals surface area (Å²) >= 11 is 0. The third-order valence-electron chi connectivity index (χ3n) is 4.06. The molecule has 0 aromatic heterocycles. The summed E-state index contributed by atoms with van der Waals surface area (Å²) in [5.74, 6) is 0.0474. The second kappa shape index (κ2) is 7.64. The van der Waals surface area contributed by atoms with Crippen molar-refractivity contribution in [2.45, 2.75) is 76.8 Å². The number of ketones is 2. The molecule has 0 aliphatic carbocycles. The van der Waals surface area contributed by atoms with E-state index in [2.05, 4.69) is 0 Å². The van der Waals surface area contributed by atoms with Crippen LogP contribution in [0.5, 0.6) is 0 Å². The van der Waals surface area contributed by atoms with E-state index in [1.807, 2.05) is 27.7 Å². The van der Waals surface area contributed by atoms with Crippen LogP contribution < -0.4 is 11.5 Å². The molecule has 0 bridgehead atoms. The molecule has 6 nitrogen and oxygen atoms in total. The van der Waals surface area contributed by atoms with Crippen molar-refractivity contribution in [2.75, 3.05) is 13.1 Å². The molecule has 0 aromatic rings. The van der Waals surface area contributed by atoms with Gasteiger partial charge in [-0.2, -0.15) is 0 Å². The lowest BCUT2D eigenvalue weighted by molar-refractivity contribution is -0.132. The first-order chi connectivity index (χ1) is 10.1. The number of hydrogen-bond acceptors (Lipinski definition) is 6. The Morgan fingerprint density at radius 2 is 1.18 bits per heavy atom. The monoisotopic (exact) mass is 314 g/mol. The second-order valence-electron chi connectivity index (χ2n) is 7.15. The Hall–Kier alpha value is -0.820. The molecular formula is C16H30N2O4. The van der Waals surface area contributed by atoms with Gasteiger partial charge in [0.05, 0.1) is 24.3 Å². The Bertz CT molecular complexity index is 369. The van der Waals surface area contributed by atoms with Crippen LogP contribution in [-0.4, -0.2) is 48.1 Å². The predicted octanol–water partition coefficient (Wildman–Crippen LogP) is 0.944. The van der Waals surface area contributed by atoms with Crippen molar-refractivity contribution >= 4 is 11.6 Å². The Morgan fingerprint density at radius 1 is 0.864 bits per heavy atom. The molecule has 2 rings (SSSR count). The molecule has 2 heterocycles. The average molecular weight is 314 g/mol. The van der Waals surface area contributed by atoms with Crippen molar-refractivity contribution < 1.29 is 19.1 Å². The normalized spacial score (nSPS) is 28.8. The van der Waals surface area contributed by atoms with E-state index in [9.17, 15) is 9.59 Å².